The average Bonchev–Trinajstić information content (AvgIpc) is 3.08. The molecule has 0 unspecified atom stereocenters. The molecule has 27 heavy (non-hydrogen) atoms. The van der Waals surface area contributed by atoms with Gasteiger partial charge in [-0.25, -0.2) is 0 Å². The molecule has 1 heterocycles. The predicted octanol–water partition coefficient (Wildman–Crippen LogP) is 2.46. The normalized spacial score (nSPS) is 10.3. The molecular formula is C20H20N4O3. The Balaban J connectivity index is 1.66. The molecule has 1 aromatic heterocycles. The van der Waals surface area contributed by atoms with E-state index in [-0.39, 0.29) is 23.9 Å². The highest BCUT2D eigenvalue weighted by atomic mass is 16.5. The van der Waals surface area contributed by atoms with E-state index in [2.05, 4.69) is 15.7 Å². The first-order valence-corrected chi connectivity index (χ1v) is 8.38. The first-order valence-electron chi connectivity index (χ1n) is 8.38. The Morgan fingerprint density at radius 3 is 2.52 bits per heavy atom. The molecule has 0 saturated heterocycles. The van der Waals surface area contributed by atoms with Gasteiger partial charge in [-0.1, -0.05) is 48.5 Å². The molecule has 0 saturated carbocycles. The molecule has 0 atom stereocenters. The summed E-state index contributed by atoms with van der Waals surface area (Å²) < 4.78 is 6.54. The molecule has 3 rings (SSSR count). The maximum absolute atomic E-state index is 12.3. The van der Waals surface area contributed by atoms with Crippen molar-refractivity contribution in [2.45, 2.75) is 0 Å². The molecule has 0 aliphatic carbocycles. The largest absolute Gasteiger partial charge is 0.479 e. The number of hydrogen-bond donors (Lipinski definition) is 2. The molecule has 7 heteroatoms. The average molecular weight is 364 g/mol. The molecule has 2 amide bonds. The molecule has 7 nitrogen and oxygen atoms in total. The van der Waals surface area contributed by atoms with Crippen LogP contribution in [0.1, 0.15) is 10.4 Å². The van der Waals surface area contributed by atoms with Gasteiger partial charge in [0.25, 0.3) is 5.91 Å². The molecule has 0 spiro atoms. The number of aryl methyl sites for hydroxylation is 1. The Kier molecular flexibility index (Phi) is 5.51. The first kappa shape index (κ1) is 18.2. The maximum Gasteiger partial charge on any atom is 0.258 e. The molecule has 3 aromatic rings. The van der Waals surface area contributed by atoms with Gasteiger partial charge in [-0.05, 0) is 11.6 Å². The molecule has 0 aliphatic rings. The lowest BCUT2D eigenvalue weighted by Crippen LogP contribution is -2.33. The van der Waals surface area contributed by atoms with E-state index in [1.54, 1.807) is 7.05 Å². The monoisotopic (exact) mass is 364 g/mol. The molecule has 2 N–H and O–H groups in total. The number of ether oxygens (including phenoxy) is 1. The highest BCUT2D eigenvalue weighted by Crippen LogP contribution is 2.27. The lowest BCUT2D eigenvalue weighted by Gasteiger charge is -2.11. The van der Waals surface area contributed by atoms with E-state index in [4.69, 9.17) is 4.74 Å². The van der Waals surface area contributed by atoms with Crippen LogP contribution in [0.5, 0.6) is 5.88 Å². The van der Waals surface area contributed by atoms with Crippen molar-refractivity contribution in [3.05, 3.63) is 66.4 Å². The van der Waals surface area contributed by atoms with Crippen LogP contribution in [-0.4, -0.2) is 35.2 Å². The molecule has 2 aromatic carbocycles. The second kappa shape index (κ2) is 8.18. The molecule has 0 fully saturated rings. The number of aromatic nitrogens is 2. The number of amides is 2. The van der Waals surface area contributed by atoms with E-state index < -0.39 is 5.91 Å². The van der Waals surface area contributed by atoms with Crippen LogP contribution in [0.3, 0.4) is 0 Å². The van der Waals surface area contributed by atoms with Crippen molar-refractivity contribution in [3.8, 4) is 17.0 Å². The van der Waals surface area contributed by atoms with Gasteiger partial charge in [-0.3, -0.25) is 14.3 Å². The molecule has 0 bridgehead atoms. The van der Waals surface area contributed by atoms with Crippen LogP contribution in [-0.2, 0) is 11.8 Å². The summed E-state index contributed by atoms with van der Waals surface area (Å²) in [5, 5.41) is 9.45. The smallest absolute Gasteiger partial charge is 0.258 e. The quantitative estimate of drug-likeness (QED) is 0.704. The van der Waals surface area contributed by atoms with Crippen molar-refractivity contribution < 1.29 is 14.3 Å². The van der Waals surface area contributed by atoms with Gasteiger partial charge in [0.15, 0.2) is 0 Å². The lowest BCUT2D eigenvalue weighted by atomic mass is 10.0. The second-order valence-corrected chi connectivity index (χ2v) is 5.87. The van der Waals surface area contributed by atoms with Gasteiger partial charge >= 0.3 is 0 Å². The van der Waals surface area contributed by atoms with Crippen LogP contribution in [0.15, 0.2) is 60.8 Å². The zero-order valence-electron chi connectivity index (χ0n) is 15.1. The Hall–Kier alpha value is -3.61. The van der Waals surface area contributed by atoms with Gasteiger partial charge in [0.1, 0.15) is 5.56 Å². The second-order valence-electron chi connectivity index (χ2n) is 5.87. The zero-order chi connectivity index (χ0) is 19.2. The third-order valence-corrected chi connectivity index (χ3v) is 3.93. The van der Waals surface area contributed by atoms with Crippen LogP contribution < -0.4 is 15.4 Å². The summed E-state index contributed by atoms with van der Waals surface area (Å²) in [4.78, 5) is 24.6. The third kappa shape index (κ3) is 4.33. The SMILES string of the molecule is COc1nn(C)cc1C(=O)NCC(=O)Nc1ccccc1-c1ccccc1. The standard InChI is InChI=1S/C20H20N4O3/c1-24-13-16(20(23-24)27-2)19(26)21-12-18(25)22-17-11-7-6-10-15(17)14-8-4-3-5-9-14/h3-11,13H,12H2,1-2H3,(H,21,26)(H,22,25). The minimum atomic E-state index is -0.425. The number of hydrogen-bond acceptors (Lipinski definition) is 4. The number of methoxy groups -OCH3 is 1. The van der Waals surface area contributed by atoms with Crippen LogP contribution in [0.4, 0.5) is 5.69 Å². The summed E-state index contributed by atoms with van der Waals surface area (Å²) in [6, 6.07) is 17.3. The van der Waals surface area contributed by atoms with E-state index in [0.717, 1.165) is 11.1 Å². The number of para-hydroxylation sites is 1. The highest BCUT2D eigenvalue weighted by molar-refractivity contribution is 6.01. The minimum Gasteiger partial charge on any atom is -0.479 e. The fourth-order valence-corrected chi connectivity index (χ4v) is 2.69. The van der Waals surface area contributed by atoms with Gasteiger partial charge in [-0.15, -0.1) is 5.10 Å². The molecular weight excluding hydrogens is 344 g/mol. The van der Waals surface area contributed by atoms with Gasteiger partial charge in [-0.2, -0.15) is 0 Å². The highest BCUT2D eigenvalue weighted by Gasteiger charge is 2.17. The maximum atomic E-state index is 12.3. The Morgan fingerprint density at radius 2 is 1.78 bits per heavy atom. The van der Waals surface area contributed by atoms with Crippen molar-refractivity contribution in [1.82, 2.24) is 15.1 Å². The van der Waals surface area contributed by atoms with Gasteiger partial charge in [0, 0.05) is 24.5 Å². The lowest BCUT2D eigenvalue weighted by molar-refractivity contribution is -0.115. The van der Waals surface area contributed by atoms with Gasteiger partial charge in [0.05, 0.1) is 13.7 Å². The van der Waals surface area contributed by atoms with E-state index in [1.165, 1.54) is 18.0 Å². The summed E-state index contributed by atoms with van der Waals surface area (Å²) in [5.74, 6) is -0.536. The van der Waals surface area contributed by atoms with Gasteiger partial charge in [0.2, 0.25) is 11.8 Å². The van der Waals surface area contributed by atoms with Crippen molar-refractivity contribution in [3.63, 3.8) is 0 Å². The van der Waals surface area contributed by atoms with Crippen LogP contribution >= 0.6 is 0 Å². The number of carbonyl (C=O) groups excluding carboxylic acids is 2. The Bertz CT molecular complexity index is 951. The fraction of sp³-hybridized carbons (Fsp3) is 0.150. The zero-order valence-corrected chi connectivity index (χ0v) is 15.1. The number of nitrogens with zero attached hydrogens (tertiary/aromatic N) is 2. The number of carbonyl (C=O) groups is 2. The van der Waals surface area contributed by atoms with Crippen LogP contribution in [0.25, 0.3) is 11.1 Å². The van der Waals surface area contributed by atoms with E-state index in [0.29, 0.717) is 5.69 Å². The summed E-state index contributed by atoms with van der Waals surface area (Å²) in [5.41, 5.74) is 2.86. The number of rotatable bonds is 6. The number of nitrogens with one attached hydrogen (secondary N) is 2. The first-order chi connectivity index (χ1) is 13.1. The molecule has 0 radical (unpaired) electrons. The van der Waals surface area contributed by atoms with Crippen molar-refractivity contribution in [2.75, 3.05) is 19.0 Å². The van der Waals surface area contributed by atoms with E-state index in [1.807, 2.05) is 54.6 Å². The van der Waals surface area contributed by atoms with Gasteiger partial charge < -0.3 is 15.4 Å². The molecule has 0 aliphatic heterocycles. The fourth-order valence-electron chi connectivity index (χ4n) is 2.69. The van der Waals surface area contributed by atoms with Crippen molar-refractivity contribution >= 4 is 17.5 Å². The van der Waals surface area contributed by atoms with E-state index >= 15 is 0 Å². The molecule has 138 valence electrons. The van der Waals surface area contributed by atoms with E-state index in [9.17, 15) is 9.59 Å². The summed E-state index contributed by atoms with van der Waals surface area (Å²) in [7, 11) is 3.12. The Labute approximate surface area is 157 Å². The van der Waals surface area contributed by atoms with Crippen LogP contribution in [0, 0.1) is 0 Å². The Morgan fingerprint density at radius 1 is 1.07 bits per heavy atom. The third-order valence-electron chi connectivity index (χ3n) is 3.93. The van der Waals surface area contributed by atoms with Crippen LogP contribution in [0.2, 0.25) is 0 Å². The summed E-state index contributed by atoms with van der Waals surface area (Å²) in [6.45, 7) is -0.167. The predicted molar refractivity (Wildman–Crippen MR) is 103 cm³/mol. The number of benzene rings is 2. The summed E-state index contributed by atoms with van der Waals surface area (Å²) >= 11 is 0. The topological polar surface area (TPSA) is 85.2 Å². The summed E-state index contributed by atoms with van der Waals surface area (Å²) in [6.07, 6.45) is 1.54. The van der Waals surface area contributed by atoms with Crippen molar-refractivity contribution in [2.24, 2.45) is 7.05 Å². The minimum absolute atomic E-state index is 0.167. The van der Waals surface area contributed by atoms with Crippen molar-refractivity contribution in [1.29, 1.82) is 0 Å². The number of anilines is 1.